The number of halogens is 6. The minimum Gasteiger partial charge on any atom is -0.480 e. The number of carbonyl (C=O) groups excluding carboxylic acids is 1. The molecule has 216 valence electrons. The lowest BCUT2D eigenvalue weighted by Crippen LogP contribution is -2.44. The molecule has 0 spiro atoms. The fraction of sp³-hybridized carbons (Fsp3) is 0.435. The maximum atomic E-state index is 12.4. The molecule has 0 radical (unpaired) electrons. The number of nitrogens with two attached hydrogens (primary N) is 1. The molecular weight excluding hydrogens is 542 g/mol. The van der Waals surface area contributed by atoms with Crippen molar-refractivity contribution in [2.24, 2.45) is 5.73 Å². The number of nitrogens with zero attached hydrogens (tertiary/aromatic N) is 2. The van der Waals surface area contributed by atoms with Gasteiger partial charge < -0.3 is 26.0 Å². The molecule has 0 bridgehead atoms. The molecule has 0 aromatic carbocycles. The van der Waals surface area contributed by atoms with Gasteiger partial charge in [-0.2, -0.15) is 26.3 Å². The van der Waals surface area contributed by atoms with Crippen LogP contribution >= 0.6 is 0 Å². The molecule has 10 nitrogen and oxygen atoms in total. The van der Waals surface area contributed by atoms with Crippen LogP contribution in [0.3, 0.4) is 0 Å². The van der Waals surface area contributed by atoms with E-state index >= 15 is 0 Å². The molecule has 2 aromatic rings. The Labute approximate surface area is 218 Å². The predicted molar refractivity (Wildman–Crippen MR) is 122 cm³/mol. The monoisotopic (exact) mass is 568 g/mol. The molecule has 1 amide bonds. The Kier molecular flexibility index (Phi) is 11.2. The van der Waals surface area contributed by atoms with Gasteiger partial charge in [0.25, 0.3) is 0 Å². The van der Waals surface area contributed by atoms with Gasteiger partial charge in [-0.1, -0.05) is 0 Å². The Morgan fingerprint density at radius 1 is 0.846 bits per heavy atom. The van der Waals surface area contributed by atoms with Gasteiger partial charge in [-0.15, -0.1) is 0 Å². The first-order valence-corrected chi connectivity index (χ1v) is 10.9. The number of nitrogens with one attached hydrogen (secondary N) is 1. The average Bonchev–Trinajstić information content (AvgIpc) is 2.77. The fourth-order valence-electron chi connectivity index (χ4n) is 2.60. The van der Waals surface area contributed by atoms with E-state index in [9.17, 15) is 40.7 Å². The summed E-state index contributed by atoms with van der Waals surface area (Å²) < 4.78 is 78.7. The molecule has 16 heteroatoms. The molecule has 39 heavy (non-hydrogen) atoms. The van der Waals surface area contributed by atoms with Gasteiger partial charge in [0.15, 0.2) is 0 Å². The highest BCUT2D eigenvalue weighted by molar-refractivity contribution is 5.80. The average molecular weight is 568 g/mol. The molecule has 0 aliphatic carbocycles. The Bertz CT molecular complexity index is 1120. The van der Waals surface area contributed by atoms with Crippen molar-refractivity contribution in [3.8, 4) is 0 Å². The van der Waals surface area contributed by atoms with Crippen LogP contribution < -0.4 is 11.1 Å². The summed E-state index contributed by atoms with van der Waals surface area (Å²) in [6, 6.07) is 1.30. The van der Waals surface area contributed by atoms with Crippen molar-refractivity contribution in [2.45, 2.75) is 63.7 Å². The highest BCUT2D eigenvalue weighted by Gasteiger charge is 2.32. The standard InChI is InChI=1S/C14H17F3N2O4.C9H9F3N2O2/c1-13(2,3)23-12(22)19-10(11(20)21)6-9-5-4-8(7-18-9)14(15,16)17;10-9(11,12)5-1-2-6(14-4-5)3-7(13)8(15)16/h4-5,7,10H,6H2,1-3H3,(H,19,22)(H,20,21);1-2,4,7H,3,13H2,(H,15,16)/t10-;7-/m11/s1. The normalized spacial score (nSPS) is 13.4. The topological polar surface area (TPSA) is 165 Å². The highest BCUT2D eigenvalue weighted by Crippen LogP contribution is 2.29. The lowest BCUT2D eigenvalue weighted by molar-refractivity contribution is -0.140. The van der Waals surface area contributed by atoms with Crippen molar-refractivity contribution < 1.29 is 55.7 Å². The number of alkyl carbamates (subject to hydrolysis) is 1. The molecule has 2 rings (SSSR count). The molecule has 0 aliphatic rings. The third-order valence-electron chi connectivity index (χ3n) is 4.45. The van der Waals surface area contributed by atoms with Crippen LogP contribution in [-0.4, -0.2) is 55.9 Å². The van der Waals surface area contributed by atoms with Crippen molar-refractivity contribution in [2.75, 3.05) is 0 Å². The number of ether oxygens (including phenoxy) is 1. The minimum atomic E-state index is -4.52. The van der Waals surface area contributed by atoms with Crippen molar-refractivity contribution in [1.29, 1.82) is 0 Å². The SMILES string of the molecule is CC(C)(C)OC(=O)N[C@H](Cc1ccc(C(F)(F)F)cn1)C(=O)O.N[C@H](Cc1ccc(C(F)(F)F)cn1)C(=O)O. The van der Waals surface area contributed by atoms with Crippen molar-refractivity contribution >= 4 is 18.0 Å². The lowest BCUT2D eigenvalue weighted by atomic mass is 10.1. The van der Waals surface area contributed by atoms with Gasteiger partial charge >= 0.3 is 30.4 Å². The fourth-order valence-corrected chi connectivity index (χ4v) is 2.60. The predicted octanol–water partition coefficient (Wildman–Crippen LogP) is 3.68. The summed E-state index contributed by atoms with van der Waals surface area (Å²) in [7, 11) is 0. The first-order chi connectivity index (χ1) is 17.7. The number of amides is 1. The quantitative estimate of drug-likeness (QED) is 0.365. The molecular formula is C23H26F6N4O6. The number of aromatic nitrogens is 2. The molecule has 2 atom stereocenters. The van der Waals surface area contributed by atoms with Crippen LogP contribution in [0.1, 0.15) is 43.3 Å². The number of carboxylic acid groups (broad SMARTS) is 2. The van der Waals surface area contributed by atoms with E-state index in [1.165, 1.54) is 0 Å². The zero-order valence-corrected chi connectivity index (χ0v) is 20.8. The van der Waals surface area contributed by atoms with Crippen LogP contribution in [0.25, 0.3) is 0 Å². The smallest absolute Gasteiger partial charge is 0.417 e. The van der Waals surface area contributed by atoms with Gasteiger partial charge in [-0.3, -0.25) is 14.8 Å². The molecule has 0 saturated heterocycles. The minimum absolute atomic E-state index is 0.0986. The van der Waals surface area contributed by atoms with E-state index in [0.29, 0.717) is 12.4 Å². The first-order valence-electron chi connectivity index (χ1n) is 10.9. The Morgan fingerprint density at radius 2 is 1.28 bits per heavy atom. The van der Waals surface area contributed by atoms with Gasteiger partial charge in [0.2, 0.25) is 0 Å². The number of carboxylic acids is 2. The molecule has 2 heterocycles. The summed E-state index contributed by atoms with van der Waals surface area (Å²) in [5, 5.41) is 19.7. The number of rotatable bonds is 7. The summed E-state index contributed by atoms with van der Waals surface area (Å²) in [6.07, 6.45) is -9.00. The van der Waals surface area contributed by atoms with Gasteiger partial charge in [0.1, 0.15) is 17.7 Å². The molecule has 2 aromatic heterocycles. The van der Waals surface area contributed by atoms with Crippen molar-refractivity contribution in [1.82, 2.24) is 15.3 Å². The summed E-state index contributed by atoms with van der Waals surface area (Å²) in [5.41, 5.74) is 2.90. The van der Waals surface area contributed by atoms with E-state index in [2.05, 4.69) is 15.3 Å². The van der Waals surface area contributed by atoms with Gasteiger partial charge in [-0.25, -0.2) is 9.59 Å². The third-order valence-corrected chi connectivity index (χ3v) is 4.45. The van der Waals surface area contributed by atoms with Gasteiger partial charge in [0, 0.05) is 36.6 Å². The Hall–Kier alpha value is -3.95. The maximum absolute atomic E-state index is 12.4. The second-order valence-corrected chi connectivity index (χ2v) is 8.96. The van der Waals surface area contributed by atoms with E-state index in [-0.39, 0.29) is 24.2 Å². The zero-order chi connectivity index (χ0) is 30.2. The van der Waals surface area contributed by atoms with E-state index in [1.807, 2.05) is 0 Å². The summed E-state index contributed by atoms with van der Waals surface area (Å²) >= 11 is 0. The summed E-state index contributed by atoms with van der Waals surface area (Å²) in [5.74, 6) is -2.57. The second-order valence-electron chi connectivity index (χ2n) is 8.96. The molecule has 0 unspecified atom stereocenters. The number of aliphatic carboxylic acids is 2. The highest BCUT2D eigenvalue weighted by atomic mass is 19.4. The number of carbonyl (C=O) groups is 3. The first kappa shape index (κ1) is 33.1. The molecule has 0 fully saturated rings. The van der Waals surface area contributed by atoms with E-state index in [0.717, 1.165) is 24.3 Å². The van der Waals surface area contributed by atoms with Crippen LogP contribution in [0.4, 0.5) is 31.1 Å². The number of pyridine rings is 2. The van der Waals surface area contributed by atoms with Gasteiger partial charge in [0.05, 0.1) is 11.1 Å². The van der Waals surface area contributed by atoms with E-state index in [1.54, 1.807) is 20.8 Å². The molecule has 0 saturated carbocycles. The Balaban J connectivity index is 0.000000416. The summed E-state index contributed by atoms with van der Waals surface area (Å²) in [6.45, 7) is 4.83. The number of alkyl halides is 6. The van der Waals surface area contributed by atoms with E-state index in [4.69, 9.17) is 20.7 Å². The Morgan fingerprint density at radius 3 is 1.59 bits per heavy atom. The van der Waals surface area contributed by atoms with Gasteiger partial charge in [-0.05, 0) is 45.0 Å². The summed E-state index contributed by atoms with van der Waals surface area (Å²) in [4.78, 5) is 40.2. The lowest BCUT2D eigenvalue weighted by Gasteiger charge is -2.21. The second kappa shape index (κ2) is 13.2. The third kappa shape index (κ3) is 12.4. The van der Waals surface area contributed by atoms with Crippen LogP contribution in [0, 0.1) is 0 Å². The molecule has 5 N–H and O–H groups in total. The molecule has 0 aliphatic heterocycles. The zero-order valence-electron chi connectivity index (χ0n) is 20.8. The van der Waals surface area contributed by atoms with E-state index < -0.39 is 59.2 Å². The number of hydrogen-bond acceptors (Lipinski definition) is 7. The van der Waals surface area contributed by atoms with Crippen molar-refractivity contribution in [3.05, 3.63) is 59.2 Å². The van der Waals surface area contributed by atoms with Crippen molar-refractivity contribution in [3.63, 3.8) is 0 Å². The van der Waals surface area contributed by atoms with Crippen LogP contribution in [-0.2, 0) is 39.5 Å². The van der Waals surface area contributed by atoms with Crippen LogP contribution in [0.15, 0.2) is 36.7 Å². The number of hydrogen-bond donors (Lipinski definition) is 4. The largest absolute Gasteiger partial charge is 0.480 e. The maximum Gasteiger partial charge on any atom is 0.417 e. The van der Waals surface area contributed by atoms with Crippen LogP contribution in [0.5, 0.6) is 0 Å². The van der Waals surface area contributed by atoms with Crippen LogP contribution in [0.2, 0.25) is 0 Å².